The number of carbonyl (C=O) groups is 1. The molecule has 106 valence electrons. The van der Waals surface area contributed by atoms with Gasteiger partial charge in [-0.15, -0.1) is 0 Å². The van der Waals surface area contributed by atoms with Gasteiger partial charge >= 0.3 is 6.09 Å². The van der Waals surface area contributed by atoms with E-state index in [0.717, 1.165) is 0 Å². The summed E-state index contributed by atoms with van der Waals surface area (Å²) in [6, 6.07) is 0. The van der Waals surface area contributed by atoms with Crippen molar-refractivity contribution in [3.05, 3.63) is 11.4 Å². The molecule has 0 unspecified atom stereocenters. The van der Waals surface area contributed by atoms with E-state index in [-0.39, 0.29) is 18.2 Å². The van der Waals surface area contributed by atoms with Crippen LogP contribution in [0.2, 0.25) is 0 Å². The fourth-order valence-corrected chi connectivity index (χ4v) is 1.64. The molecule has 0 fully saturated rings. The largest absolute Gasteiger partial charge is 0.444 e. The quantitative estimate of drug-likeness (QED) is 0.658. The van der Waals surface area contributed by atoms with Crippen LogP contribution in [0.25, 0.3) is 0 Å². The van der Waals surface area contributed by atoms with Crippen molar-refractivity contribution >= 4 is 28.9 Å². The topological polar surface area (TPSA) is 115 Å². The average Bonchev–Trinajstić information content (AvgIpc) is 2.25. The second kappa shape index (κ2) is 5.96. The average molecular weight is 285 g/mol. The zero-order chi connectivity index (χ0) is 14.6. The molecular weight excluding hydrogens is 266 g/mol. The normalized spacial score (nSPS) is 18.3. The maximum atomic E-state index is 11.6. The van der Waals surface area contributed by atoms with Gasteiger partial charge in [0.1, 0.15) is 17.3 Å². The van der Waals surface area contributed by atoms with Crippen LogP contribution in [0.4, 0.5) is 4.79 Å². The lowest BCUT2D eigenvalue weighted by atomic mass is 10.2. The van der Waals surface area contributed by atoms with Gasteiger partial charge in [0.15, 0.2) is 5.17 Å². The van der Waals surface area contributed by atoms with Gasteiger partial charge in [0, 0.05) is 0 Å². The third-order valence-corrected chi connectivity index (χ3v) is 2.63. The Morgan fingerprint density at radius 3 is 2.58 bits per heavy atom. The van der Waals surface area contributed by atoms with Crippen molar-refractivity contribution in [2.24, 2.45) is 21.5 Å². The second-order valence-electron chi connectivity index (χ2n) is 4.82. The van der Waals surface area contributed by atoms with Crippen LogP contribution >= 0.6 is 11.8 Å². The minimum absolute atomic E-state index is 0.111. The lowest BCUT2D eigenvalue weighted by Gasteiger charge is -2.20. The summed E-state index contributed by atoms with van der Waals surface area (Å²) >= 11 is 1.39. The molecule has 1 rings (SSSR count). The zero-order valence-corrected chi connectivity index (χ0v) is 12.3. The summed E-state index contributed by atoms with van der Waals surface area (Å²) in [4.78, 5) is 19.8. The van der Waals surface area contributed by atoms with E-state index in [1.807, 2.05) is 6.26 Å². The van der Waals surface area contributed by atoms with Crippen LogP contribution in [-0.2, 0) is 4.74 Å². The van der Waals surface area contributed by atoms with Crippen molar-refractivity contribution in [3.63, 3.8) is 0 Å². The predicted molar refractivity (Wildman–Crippen MR) is 78.0 cm³/mol. The molecule has 0 radical (unpaired) electrons. The summed E-state index contributed by atoms with van der Waals surface area (Å²) in [5.74, 6) is 0.368. The van der Waals surface area contributed by atoms with E-state index in [9.17, 15) is 4.79 Å². The summed E-state index contributed by atoms with van der Waals surface area (Å²) in [6.07, 6.45) is 1.22. The van der Waals surface area contributed by atoms with E-state index in [0.29, 0.717) is 10.7 Å². The predicted octanol–water partition coefficient (Wildman–Crippen LogP) is 0.771. The molecule has 1 aliphatic rings. The number of rotatable bonds is 1. The molecule has 0 bridgehead atoms. The van der Waals surface area contributed by atoms with E-state index < -0.39 is 11.7 Å². The Morgan fingerprint density at radius 1 is 1.47 bits per heavy atom. The van der Waals surface area contributed by atoms with Crippen molar-refractivity contribution in [1.82, 2.24) is 5.32 Å². The Bertz CT molecular complexity index is 462. The van der Waals surface area contributed by atoms with Crippen LogP contribution in [0, 0.1) is 0 Å². The van der Waals surface area contributed by atoms with Crippen molar-refractivity contribution in [1.29, 1.82) is 0 Å². The maximum Gasteiger partial charge on any atom is 0.413 e. The Kier molecular flexibility index (Phi) is 4.82. The highest BCUT2D eigenvalue weighted by molar-refractivity contribution is 8.13. The number of nitrogens with zero attached hydrogens (tertiary/aromatic N) is 2. The number of alkyl carbamates (subject to hydrolysis) is 1. The molecular formula is C11H19N5O2S. The number of hydrogen-bond acceptors (Lipinski definition) is 7. The van der Waals surface area contributed by atoms with Crippen LogP contribution in [-0.4, -0.2) is 35.5 Å². The number of carbonyl (C=O) groups excluding carboxylic acids is 1. The molecule has 0 spiro atoms. The molecule has 5 N–H and O–H groups in total. The Morgan fingerprint density at radius 2 is 2.11 bits per heavy atom. The van der Waals surface area contributed by atoms with Gasteiger partial charge < -0.3 is 16.2 Å². The van der Waals surface area contributed by atoms with Crippen LogP contribution in [0.1, 0.15) is 20.8 Å². The molecule has 0 aromatic carbocycles. The molecule has 0 aliphatic carbocycles. The summed E-state index contributed by atoms with van der Waals surface area (Å²) in [6.45, 7) is 5.58. The number of nitrogens with one attached hydrogen (secondary N) is 1. The molecule has 1 heterocycles. The molecule has 0 saturated carbocycles. The number of nitrogens with two attached hydrogens (primary N) is 2. The highest BCUT2D eigenvalue weighted by Crippen LogP contribution is 2.12. The van der Waals surface area contributed by atoms with Crippen molar-refractivity contribution < 1.29 is 9.53 Å². The highest BCUT2D eigenvalue weighted by atomic mass is 32.2. The van der Waals surface area contributed by atoms with Crippen LogP contribution in [0.3, 0.4) is 0 Å². The molecule has 1 aliphatic heterocycles. The van der Waals surface area contributed by atoms with Gasteiger partial charge in [-0.2, -0.15) is 0 Å². The number of hydrogen-bond donors (Lipinski definition) is 3. The highest BCUT2D eigenvalue weighted by Gasteiger charge is 2.19. The molecule has 0 saturated heterocycles. The SMILES string of the molecule is CSC1=NCC(=C(N)NC(=O)OC(C)(C)C)C(N)=N1. The van der Waals surface area contributed by atoms with Crippen molar-refractivity contribution in [3.8, 4) is 0 Å². The molecule has 19 heavy (non-hydrogen) atoms. The molecule has 0 aromatic rings. The first-order valence-electron chi connectivity index (χ1n) is 5.64. The Hall–Kier alpha value is -1.70. The zero-order valence-electron chi connectivity index (χ0n) is 11.5. The van der Waals surface area contributed by atoms with Gasteiger partial charge in [-0.25, -0.2) is 9.79 Å². The Labute approximate surface area is 116 Å². The van der Waals surface area contributed by atoms with E-state index >= 15 is 0 Å². The van der Waals surface area contributed by atoms with Gasteiger partial charge in [0.05, 0.1) is 12.1 Å². The standard InChI is InChI=1S/C11H19N5O2S/c1-11(2,3)18-10(17)16-8(13)6-5-14-9(19-4)15-7(6)12/h5,13H2,1-4H3,(H,16,17)(H2,12,14,15). The first-order chi connectivity index (χ1) is 8.73. The monoisotopic (exact) mass is 285 g/mol. The number of ether oxygens (including phenoxy) is 1. The van der Waals surface area contributed by atoms with Gasteiger partial charge in [-0.05, 0) is 27.0 Å². The molecule has 7 nitrogen and oxygen atoms in total. The Balaban J connectivity index is 2.75. The fraction of sp³-hybridized carbons (Fsp3) is 0.545. The molecule has 0 aromatic heterocycles. The lowest BCUT2D eigenvalue weighted by Crippen LogP contribution is -2.37. The number of amidine groups is 2. The minimum Gasteiger partial charge on any atom is -0.444 e. The van der Waals surface area contributed by atoms with Crippen LogP contribution in [0.5, 0.6) is 0 Å². The summed E-state index contributed by atoms with van der Waals surface area (Å²) < 4.78 is 5.09. The minimum atomic E-state index is -0.634. The summed E-state index contributed by atoms with van der Waals surface area (Å²) in [7, 11) is 0. The smallest absolute Gasteiger partial charge is 0.413 e. The maximum absolute atomic E-state index is 11.6. The van der Waals surface area contributed by atoms with E-state index in [4.69, 9.17) is 16.2 Å². The van der Waals surface area contributed by atoms with Crippen molar-refractivity contribution in [2.45, 2.75) is 26.4 Å². The van der Waals surface area contributed by atoms with Gasteiger partial charge in [0.25, 0.3) is 0 Å². The molecule has 1 amide bonds. The number of thioether (sulfide) groups is 1. The van der Waals surface area contributed by atoms with Gasteiger partial charge in [-0.3, -0.25) is 10.3 Å². The summed E-state index contributed by atoms with van der Waals surface area (Å²) in [5.41, 5.74) is 11.4. The lowest BCUT2D eigenvalue weighted by molar-refractivity contribution is 0.0545. The van der Waals surface area contributed by atoms with E-state index in [2.05, 4.69) is 15.3 Å². The molecule has 0 atom stereocenters. The van der Waals surface area contributed by atoms with Crippen LogP contribution in [0.15, 0.2) is 21.4 Å². The third kappa shape index (κ3) is 4.82. The number of amides is 1. The van der Waals surface area contributed by atoms with Gasteiger partial charge in [0.2, 0.25) is 0 Å². The number of aliphatic imine (C=N–C) groups is 2. The fourth-order valence-electron chi connectivity index (χ4n) is 1.26. The second-order valence-corrected chi connectivity index (χ2v) is 5.59. The first-order valence-corrected chi connectivity index (χ1v) is 6.87. The molecule has 8 heteroatoms. The van der Waals surface area contributed by atoms with E-state index in [1.54, 1.807) is 20.8 Å². The van der Waals surface area contributed by atoms with E-state index in [1.165, 1.54) is 11.8 Å². The first kappa shape index (κ1) is 15.4. The van der Waals surface area contributed by atoms with Crippen molar-refractivity contribution in [2.75, 3.05) is 12.8 Å². The van der Waals surface area contributed by atoms with Gasteiger partial charge in [-0.1, -0.05) is 11.8 Å². The summed E-state index contributed by atoms with van der Waals surface area (Å²) in [5, 5.41) is 3.02. The van der Waals surface area contributed by atoms with Crippen LogP contribution < -0.4 is 16.8 Å². The third-order valence-electron chi connectivity index (χ3n) is 2.04.